The second kappa shape index (κ2) is 7.93. The lowest BCUT2D eigenvalue weighted by atomic mass is 10.0. The first-order valence-corrected chi connectivity index (χ1v) is 5.47. The molecule has 0 saturated heterocycles. The van der Waals surface area contributed by atoms with E-state index in [-0.39, 0.29) is 0 Å². The van der Waals surface area contributed by atoms with Crippen molar-refractivity contribution in [2.24, 2.45) is 5.92 Å². The summed E-state index contributed by atoms with van der Waals surface area (Å²) in [6.45, 7) is 7.52. The third-order valence-electron chi connectivity index (χ3n) is 1.70. The Morgan fingerprint density at radius 2 is 2.18 bits per heavy atom. The molecular formula is C10H18S. The van der Waals surface area contributed by atoms with Gasteiger partial charge in [0.2, 0.25) is 0 Å². The van der Waals surface area contributed by atoms with Crippen molar-refractivity contribution in [3.05, 3.63) is 25.3 Å². The van der Waals surface area contributed by atoms with Gasteiger partial charge in [-0.1, -0.05) is 12.2 Å². The Balaban J connectivity index is 3.34. The Bertz CT molecular complexity index is 107. The van der Waals surface area contributed by atoms with Crippen molar-refractivity contribution in [3.63, 3.8) is 0 Å². The minimum absolute atomic E-state index is 0.699. The van der Waals surface area contributed by atoms with Crippen LogP contribution < -0.4 is 0 Å². The van der Waals surface area contributed by atoms with Crippen molar-refractivity contribution < 1.29 is 0 Å². The summed E-state index contributed by atoms with van der Waals surface area (Å²) in [5, 5.41) is 0. The highest BCUT2D eigenvalue weighted by molar-refractivity contribution is 7.98. The molecule has 1 heteroatoms. The minimum atomic E-state index is 0.699. The van der Waals surface area contributed by atoms with Crippen LogP contribution in [0.15, 0.2) is 25.3 Å². The molecule has 1 atom stereocenters. The molecule has 0 spiro atoms. The van der Waals surface area contributed by atoms with Crippen LogP contribution in [0.3, 0.4) is 0 Å². The first-order valence-electron chi connectivity index (χ1n) is 4.07. The summed E-state index contributed by atoms with van der Waals surface area (Å²) in [4.78, 5) is 0. The number of hydrogen-bond donors (Lipinski definition) is 0. The van der Waals surface area contributed by atoms with E-state index in [9.17, 15) is 0 Å². The van der Waals surface area contributed by atoms with Crippen LogP contribution in [0.4, 0.5) is 0 Å². The lowest BCUT2D eigenvalue weighted by Crippen LogP contribution is -1.98. The number of thioether (sulfide) groups is 1. The molecule has 0 aliphatic rings. The maximum absolute atomic E-state index is 3.82. The lowest BCUT2D eigenvalue weighted by Gasteiger charge is -2.08. The highest BCUT2D eigenvalue weighted by Gasteiger charge is 2.00. The summed E-state index contributed by atoms with van der Waals surface area (Å²) in [5.41, 5.74) is 0. The topological polar surface area (TPSA) is 0 Å². The van der Waals surface area contributed by atoms with Crippen LogP contribution in [0, 0.1) is 5.92 Å². The van der Waals surface area contributed by atoms with Gasteiger partial charge in [-0.15, -0.1) is 13.2 Å². The molecule has 0 radical (unpaired) electrons. The van der Waals surface area contributed by atoms with Crippen LogP contribution in [0.2, 0.25) is 0 Å². The zero-order chi connectivity index (χ0) is 8.53. The fourth-order valence-electron chi connectivity index (χ4n) is 1.01. The summed E-state index contributed by atoms with van der Waals surface area (Å²) < 4.78 is 0. The predicted molar refractivity (Wildman–Crippen MR) is 56.1 cm³/mol. The molecule has 0 amide bonds. The molecule has 0 rings (SSSR count). The summed E-state index contributed by atoms with van der Waals surface area (Å²) in [7, 11) is 0. The summed E-state index contributed by atoms with van der Waals surface area (Å²) in [6.07, 6.45) is 9.85. The Kier molecular flexibility index (Phi) is 7.81. The zero-order valence-corrected chi connectivity index (χ0v) is 8.20. The number of hydrogen-bond acceptors (Lipinski definition) is 1. The lowest BCUT2D eigenvalue weighted by molar-refractivity contribution is 0.621. The number of allylic oxidation sites excluding steroid dienone is 2. The van der Waals surface area contributed by atoms with E-state index in [0.29, 0.717) is 5.92 Å². The fourth-order valence-corrected chi connectivity index (χ4v) is 1.74. The maximum Gasteiger partial charge on any atom is -0.000734 e. The van der Waals surface area contributed by atoms with Crippen molar-refractivity contribution >= 4 is 11.8 Å². The quantitative estimate of drug-likeness (QED) is 0.416. The minimum Gasteiger partial charge on any atom is -0.165 e. The second-order valence-corrected chi connectivity index (χ2v) is 3.58. The molecule has 0 aromatic carbocycles. The fraction of sp³-hybridized carbons (Fsp3) is 0.600. The Morgan fingerprint density at radius 1 is 1.45 bits per heavy atom. The van der Waals surface area contributed by atoms with Gasteiger partial charge in [-0.25, -0.2) is 0 Å². The third-order valence-corrected chi connectivity index (χ3v) is 2.46. The van der Waals surface area contributed by atoms with Gasteiger partial charge in [0.25, 0.3) is 0 Å². The molecule has 0 nitrogen and oxygen atoms in total. The largest absolute Gasteiger partial charge is 0.165 e. The standard InChI is InChI=1S/C10H18S/c1-4-6-7-8-10(5-2)9-11-3/h4-5,10H,1-2,6-9H2,3H3. The monoisotopic (exact) mass is 170 g/mol. The van der Waals surface area contributed by atoms with Crippen molar-refractivity contribution in [1.29, 1.82) is 0 Å². The molecule has 11 heavy (non-hydrogen) atoms. The first-order chi connectivity index (χ1) is 5.35. The van der Waals surface area contributed by atoms with Gasteiger partial charge >= 0.3 is 0 Å². The third kappa shape index (κ3) is 6.24. The van der Waals surface area contributed by atoms with Crippen LogP contribution in [-0.4, -0.2) is 12.0 Å². The second-order valence-electron chi connectivity index (χ2n) is 2.67. The van der Waals surface area contributed by atoms with Crippen LogP contribution in [-0.2, 0) is 0 Å². The molecular weight excluding hydrogens is 152 g/mol. The number of rotatable bonds is 7. The molecule has 0 aromatic rings. The van der Waals surface area contributed by atoms with Crippen LogP contribution >= 0.6 is 11.8 Å². The molecule has 0 aromatic heterocycles. The van der Waals surface area contributed by atoms with Crippen LogP contribution in [0.5, 0.6) is 0 Å². The SMILES string of the molecule is C=CCCCC(C=C)CSC. The average Bonchev–Trinajstić information content (AvgIpc) is 2.03. The van der Waals surface area contributed by atoms with E-state index >= 15 is 0 Å². The van der Waals surface area contributed by atoms with Gasteiger partial charge in [0.15, 0.2) is 0 Å². The summed E-state index contributed by atoms with van der Waals surface area (Å²) in [6, 6.07) is 0. The molecule has 0 saturated carbocycles. The molecule has 64 valence electrons. The molecule has 0 bridgehead atoms. The van der Waals surface area contributed by atoms with E-state index in [1.807, 2.05) is 17.8 Å². The molecule has 1 unspecified atom stereocenters. The first kappa shape index (κ1) is 10.8. The average molecular weight is 170 g/mol. The van der Waals surface area contributed by atoms with E-state index in [0.717, 1.165) is 6.42 Å². The van der Waals surface area contributed by atoms with Crippen molar-refractivity contribution in [1.82, 2.24) is 0 Å². The molecule has 0 aliphatic carbocycles. The predicted octanol–water partition coefficient (Wildman–Crippen LogP) is 3.51. The molecule has 0 N–H and O–H groups in total. The van der Waals surface area contributed by atoms with E-state index in [4.69, 9.17) is 0 Å². The van der Waals surface area contributed by atoms with Crippen molar-refractivity contribution in [2.45, 2.75) is 19.3 Å². The van der Waals surface area contributed by atoms with Gasteiger partial charge < -0.3 is 0 Å². The van der Waals surface area contributed by atoms with E-state index < -0.39 is 0 Å². The smallest absolute Gasteiger partial charge is 0.000734 e. The maximum atomic E-state index is 3.82. The molecule has 0 aliphatic heterocycles. The summed E-state index contributed by atoms with van der Waals surface area (Å²) in [5.74, 6) is 1.91. The normalized spacial score (nSPS) is 12.5. The Hall–Kier alpha value is -0.170. The van der Waals surface area contributed by atoms with Crippen LogP contribution in [0.1, 0.15) is 19.3 Å². The molecule has 0 fully saturated rings. The van der Waals surface area contributed by atoms with E-state index in [1.54, 1.807) is 0 Å². The Morgan fingerprint density at radius 3 is 2.64 bits per heavy atom. The Labute approximate surface area is 74.8 Å². The zero-order valence-electron chi connectivity index (χ0n) is 7.38. The van der Waals surface area contributed by atoms with Gasteiger partial charge in [0.1, 0.15) is 0 Å². The van der Waals surface area contributed by atoms with Crippen molar-refractivity contribution in [3.8, 4) is 0 Å². The van der Waals surface area contributed by atoms with Gasteiger partial charge in [0.05, 0.1) is 0 Å². The molecule has 0 heterocycles. The highest BCUT2D eigenvalue weighted by atomic mass is 32.2. The van der Waals surface area contributed by atoms with Gasteiger partial charge in [-0.2, -0.15) is 11.8 Å². The van der Waals surface area contributed by atoms with Gasteiger partial charge in [-0.3, -0.25) is 0 Å². The van der Waals surface area contributed by atoms with Crippen LogP contribution in [0.25, 0.3) is 0 Å². The summed E-state index contributed by atoms with van der Waals surface area (Å²) >= 11 is 1.90. The number of unbranched alkanes of at least 4 members (excludes halogenated alkanes) is 1. The van der Waals surface area contributed by atoms with Gasteiger partial charge in [0, 0.05) is 0 Å². The van der Waals surface area contributed by atoms with Crippen molar-refractivity contribution in [2.75, 3.05) is 12.0 Å². The van der Waals surface area contributed by atoms with Gasteiger partial charge in [-0.05, 0) is 37.2 Å². The van der Waals surface area contributed by atoms with E-state index in [1.165, 1.54) is 18.6 Å². The van der Waals surface area contributed by atoms with E-state index in [2.05, 4.69) is 25.5 Å². The highest BCUT2D eigenvalue weighted by Crippen LogP contribution is 2.14.